The van der Waals surface area contributed by atoms with Crippen molar-refractivity contribution in [1.82, 2.24) is 0 Å². The summed E-state index contributed by atoms with van der Waals surface area (Å²) in [6.07, 6.45) is -0.246. The lowest BCUT2D eigenvalue weighted by Gasteiger charge is -2.06. The first-order chi connectivity index (χ1) is 7.92. The van der Waals surface area contributed by atoms with Gasteiger partial charge < -0.3 is 5.11 Å². The fraction of sp³-hybridized carbons (Fsp3) is 0.455. The molecule has 0 radical (unpaired) electrons. The summed E-state index contributed by atoms with van der Waals surface area (Å²) in [5.41, 5.74) is 0.957. The Morgan fingerprint density at radius 3 is 2.41 bits per heavy atom. The molecular formula is C11H16O5S. The molecule has 0 spiro atoms. The van der Waals surface area contributed by atoms with E-state index in [1.807, 2.05) is 6.92 Å². The highest BCUT2D eigenvalue weighted by Crippen LogP contribution is 2.13. The molecule has 0 aliphatic heterocycles. The SMILES string of the molecule is Cc1ccc(S(=O)(=O)OOCC[C@@H](C)O)cc1. The summed E-state index contributed by atoms with van der Waals surface area (Å²) in [7, 11) is -3.88. The first kappa shape index (κ1) is 14.1. The van der Waals surface area contributed by atoms with E-state index in [0.717, 1.165) is 5.56 Å². The maximum Gasteiger partial charge on any atom is 0.323 e. The number of benzene rings is 1. The van der Waals surface area contributed by atoms with E-state index < -0.39 is 16.2 Å². The highest BCUT2D eigenvalue weighted by atomic mass is 32.2. The number of hydrogen-bond acceptors (Lipinski definition) is 5. The van der Waals surface area contributed by atoms with Crippen molar-refractivity contribution in [3.8, 4) is 0 Å². The molecule has 1 atom stereocenters. The lowest BCUT2D eigenvalue weighted by molar-refractivity contribution is -0.205. The van der Waals surface area contributed by atoms with Crippen molar-refractivity contribution in [3.63, 3.8) is 0 Å². The minimum atomic E-state index is -3.88. The van der Waals surface area contributed by atoms with Gasteiger partial charge in [0.25, 0.3) is 0 Å². The van der Waals surface area contributed by atoms with Crippen molar-refractivity contribution >= 4 is 10.1 Å². The van der Waals surface area contributed by atoms with Crippen LogP contribution < -0.4 is 0 Å². The minimum Gasteiger partial charge on any atom is -0.393 e. The van der Waals surface area contributed by atoms with Crippen molar-refractivity contribution in [2.75, 3.05) is 6.61 Å². The highest BCUT2D eigenvalue weighted by Gasteiger charge is 2.16. The van der Waals surface area contributed by atoms with Gasteiger partial charge in [0.2, 0.25) is 0 Å². The summed E-state index contributed by atoms with van der Waals surface area (Å²) >= 11 is 0. The van der Waals surface area contributed by atoms with Crippen LogP contribution in [-0.4, -0.2) is 26.2 Å². The van der Waals surface area contributed by atoms with Crippen molar-refractivity contribution in [2.45, 2.75) is 31.3 Å². The number of aliphatic hydroxyl groups is 1. The zero-order valence-electron chi connectivity index (χ0n) is 9.79. The molecule has 0 aliphatic rings. The second kappa shape index (κ2) is 6.11. The van der Waals surface area contributed by atoms with Gasteiger partial charge in [0.15, 0.2) is 0 Å². The molecular weight excluding hydrogens is 244 g/mol. The molecule has 1 aromatic carbocycles. The fourth-order valence-corrected chi connectivity index (χ4v) is 1.80. The lowest BCUT2D eigenvalue weighted by atomic mass is 10.2. The summed E-state index contributed by atoms with van der Waals surface area (Å²) in [6.45, 7) is 3.46. The van der Waals surface area contributed by atoms with Crippen LogP contribution in [0.25, 0.3) is 0 Å². The van der Waals surface area contributed by atoms with Crippen LogP contribution in [0.5, 0.6) is 0 Å². The van der Waals surface area contributed by atoms with Crippen LogP contribution in [0.1, 0.15) is 18.9 Å². The van der Waals surface area contributed by atoms with E-state index in [-0.39, 0.29) is 11.5 Å². The van der Waals surface area contributed by atoms with E-state index in [0.29, 0.717) is 6.42 Å². The minimum absolute atomic E-state index is 0.0166. The maximum absolute atomic E-state index is 11.6. The molecule has 0 saturated carbocycles. The summed E-state index contributed by atoms with van der Waals surface area (Å²) < 4.78 is 27.5. The van der Waals surface area contributed by atoms with Gasteiger partial charge >= 0.3 is 10.1 Å². The van der Waals surface area contributed by atoms with Crippen LogP contribution in [0, 0.1) is 6.92 Å². The Hall–Kier alpha value is -0.950. The average Bonchev–Trinajstić information content (AvgIpc) is 2.25. The molecule has 0 aliphatic carbocycles. The second-order valence-electron chi connectivity index (χ2n) is 3.79. The number of hydrogen-bond donors (Lipinski definition) is 1. The Bertz CT molecular complexity index is 435. The Morgan fingerprint density at radius 2 is 1.88 bits per heavy atom. The number of rotatable bonds is 6. The third-order valence-corrected chi connectivity index (χ3v) is 3.19. The van der Waals surface area contributed by atoms with Crippen LogP contribution >= 0.6 is 0 Å². The fourth-order valence-electron chi connectivity index (χ4n) is 1.06. The summed E-state index contributed by atoms with van der Waals surface area (Å²) in [4.78, 5) is 4.59. The van der Waals surface area contributed by atoms with Gasteiger partial charge in [0.1, 0.15) is 0 Å². The third-order valence-electron chi connectivity index (χ3n) is 2.07. The molecule has 0 fully saturated rings. The Kier molecular flexibility index (Phi) is 5.07. The standard InChI is InChI=1S/C11H16O5S/c1-9-3-5-11(6-4-9)17(13,14)16-15-8-7-10(2)12/h3-6,10,12H,7-8H2,1-2H3/t10-/m1/s1. The van der Waals surface area contributed by atoms with Gasteiger partial charge in [0.05, 0.1) is 17.6 Å². The Labute approximate surface area is 101 Å². The van der Waals surface area contributed by atoms with Crippen LogP contribution in [0.4, 0.5) is 0 Å². The molecule has 6 heteroatoms. The molecule has 96 valence electrons. The Morgan fingerprint density at radius 1 is 1.29 bits per heavy atom. The largest absolute Gasteiger partial charge is 0.393 e. The van der Waals surface area contributed by atoms with Gasteiger partial charge in [-0.05, 0) is 32.4 Å². The molecule has 0 amide bonds. The van der Waals surface area contributed by atoms with E-state index in [1.54, 1.807) is 19.1 Å². The second-order valence-corrected chi connectivity index (χ2v) is 5.31. The van der Waals surface area contributed by atoms with Crippen molar-refractivity contribution in [1.29, 1.82) is 0 Å². The normalized spacial score (nSPS) is 13.6. The number of aryl methyl sites for hydroxylation is 1. The third kappa shape index (κ3) is 4.82. The van der Waals surface area contributed by atoms with Gasteiger partial charge in [-0.1, -0.05) is 17.7 Å². The first-order valence-electron chi connectivity index (χ1n) is 5.22. The zero-order valence-corrected chi connectivity index (χ0v) is 10.6. The smallest absolute Gasteiger partial charge is 0.323 e. The molecule has 0 unspecified atom stereocenters. The van der Waals surface area contributed by atoms with Gasteiger partial charge in [-0.3, -0.25) is 0 Å². The lowest BCUT2D eigenvalue weighted by Crippen LogP contribution is -2.11. The molecule has 0 aromatic heterocycles. The monoisotopic (exact) mass is 260 g/mol. The van der Waals surface area contributed by atoms with Crippen molar-refractivity contribution in [3.05, 3.63) is 29.8 Å². The van der Waals surface area contributed by atoms with Crippen LogP contribution in [0.15, 0.2) is 29.2 Å². The van der Waals surface area contributed by atoms with E-state index in [9.17, 15) is 8.42 Å². The summed E-state index contributed by atoms with van der Waals surface area (Å²) in [5, 5.41) is 8.94. The summed E-state index contributed by atoms with van der Waals surface area (Å²) in [6, 6.07) is 6.24. The predicted octanol–water partition coefficient (Wildman–Crippen LogP) is 1.40. The van der Waals surface area contributed by atoms with Gasteiger partial charge in [0, 0.05) is 0 Å². The molecule has 5 nitrogen and oxygen atoms in total. The van der Waals surface area contributed by atoms with Crippen LogP contribution in [0.3, 0.4) is 0 Å². The molecule has 0 bridgehead atoms. The highest BCUT2D eigenvalue weighted by molar-refractivity contribution is 7.86. The van der Waals surface area contributed by atoms with E-state index in [1.165, 1.54) is 12.1 Å². The van der Waals surface area contributed by atoms with Crippen molar-refractivity contribution < 1.29 is 22.7 Å². The topological polar surface area (TPSA) is 72.8 Å². The van der Waals surface area contributed by atoms with Gasteiger partial charge in [-0.15, -0.1) is 4.33 Å². The number of aliphatic hydroxyl groups excluding tert-OH is 1. The molecule has 17 heavy (non-hydrogen) atoms. The zero-order chi connectivity index (χ0) is 12.9. The van der Waals surface area contributed by atoms with Gasteiger partial charge in [-0.2, -0.15) is 8.42 Å². The molecule has 0 heterocycles. The van der Waals surface area contributed by atoms with Crippen LogP contribution in [-0.2, 0) is 19.3 Å². The summed E-state index contributed by atoms with van der Waals surface area (Å²) in [5.74, 6) is 0. The van der Waals surface area contributed by atoms with E-state index in [4.69, 9.17) is 5.11 Å². The Balaban J connectivity index is 2.54. The molecule has 1 N–H and O–H groups in total. The quantitative estimate of drug-likeness (QED) is 0.475. The first-order valence-corrected chi connectivity index (χ1v) is 6.63. The molecule has 1 aromatic rings. The molecule has 1 rings (SSSR count). The van der Waals surface area contributed by atoms with E-state index in [2.05, 4.69) is 9.22 Å². The van der Waals surface area contributed by atoms with Crippen molar-refractivity contribution in [2.24, 2.45) is 0 Å². The van der Waals surface area contributed by atoms with Gasteiger partial charge in [-0.25, -0.2) is 4.89 Å². The van der Waals surface area contributed by atoms with E-state index >= 15 is 0 Å². The molecule has 0 saturated heterocycles. The average molecular weight is 260 g/mol. The maximum atomic E-state index is 11.6. The van der Waals surface area contributed by atoms with Crippen LogP contribution in [0.2, 0.25) is 0 Å². The predicted molar refractivity (Wildman–Crippen MR) is 61.7 cm³/mol.